The summed E-state index contributed by atoms with van der Waals surface area (Å²) in [6, 6.07) is 29.5. The molecule has 0 aliphatic heterocycles. The summed E-state index contributed by atoms with van der Waals surface area (Å²) in [5.41, 5.74) is 3.60. The molecule has 0 aliphatic rings. The van der Waals surface area contributed by atoms with Crippen LogP contribution in [0.5, 0.6) is 5.75 Å². The number of hydrogen-bond acceptors (Lipinski definition) is 6. The van der Waals surface area contributed by atoms with Crippen LogP contribution in [0.15, 0.2) is 103 Å². The molecule has 4 aromatic carbocycles. The van der Waals surface area contributed by atoms with Gasteiger partial charge in [0.1, 0.15) is 23.9 Å². The zero-order valence-corrected chi connectivity index (χ0v) is 22.7. The van der Waals surface area contributed by atoms with Crippen LogP contribution < -0.4 is 15.0 Å². The monoisotopic (exact) mass is 547 g/mol. The number of amides is 2. The average Bonchev–Trinajstić information content (AvgIpc) is 3.41. The third-order valence-electron chi connectivity index (χ3n) is 6.73. The van der Waals surface area contributed by atoms with Gasteiger partial charge < -0.3 is 10.1 Å². The smallest absolute Gasteiger partial charge is 0.249 e. The van der Waals surface area contributed by atoms with Crippen LogP contribution >= 0.6 is 0 Å². The van der Waals surface area contributed by atoms with Gasteiger partial charge >= 0.3 is 0 Å². The first-order valence-corrected chi connectivity index (χ1v) is 13.1. The highest BCUT2D eigenvalue weighted by atomic mass is 16.5. The summed E-state index contributed by atoms with van der Waals surface area (Å²) in [6.07, 6.45) is 0. The molecule has 0 unspecified atom stereocenters. The number of carbonyl (C=O) groups is 3. The molecule has 1 atom stereocenters. The number of anilines is 1. The lowest BCUT2D eigenvalue weighted by Crippen LogP contribution is -2.45. The molecule has 0 saturated heterocycles. The van der Waals surface area contributed by atoms with Crippen LogP contribution in [0.1, 0.15) is 34.5 Å². The number of Topliss-reactive ketones (excluding diaryl/α,β-unsaturated/α-hetero) is 1. The van der Waals surface area contributed by atoms with Gasteiger partial charge in [0.25, 0.3) is 0 Å². The van der Waals surface area contributed by atoms with Crippen molar-refractivity contribution in [3.8, 4) is 5.75 Å². The predicted octanol–water partition coefficient (Wildman–Crippen LogP) is 4.73. The maximum absolute atomic E-state index is 14.2. The van der Waals surface area contributed by atoms with E-state index < -0.39 is 17.9 Å². The number of nitrogens with zero attached hydrogens (tertiary/aromatic N) is 4. The Morgan fingerprint density at radius 3 is 2.44 bits per heavy atom. The molecule has 5 rings (SSSR count). The summed E-state index contributed by atoms with van der Waals surface area (Å²) in [6.45, 7) is 1.54. The van der Waals surface area contributed by atoms with Gasteiger partial charge in [0.05, 0.1) is 12.6 Å². The summed E-state index contributed by atoms with van der Waals surface area (Å²) in [4.78, 5) is 41.9. The number of ketones is 1. The van der Waals surface area contributed by atoms with Crippen LogP contribution in [0.25, 0.3) is 11.0 Å². The number of benzene rings is 4. The fourth-order valence-electron chi connectivity index (χ4n) is 4.66. The SMILES string of the molecule is COc1cccc([C@H](C(=O)NCc2ccccc2)N(C(=O)Cn2nnc3ccccc32)c2cccc(C(C)=O)c2)c1. The highest BCUT2D eigenvalue weighted by Crippen LogP contribution is 2.31. The first kappa shape index (κ1) is 27.3. The summed E-state index contributed by atoms with van der Waals surface area (Å²) in [7, 11) is 1.54. The zero-order valence-electron chi connectivity index (χ0n) is 22.7. The predicted molar refractivity (Wildman–Crippen MR) is 155 cm³/mol. The van der Waals surface area contributed by atoms with Gasteiger partial charge in [-0.2, -0.15) is 0 Å². The fraction of sp³-hybridized carbons (Fsp3) is 0.156. The van der Waals surface area contributed by atoms with Crippen LogP contribution in [-0.2, 0) is 22.7 Å². The second kappa shape index (κ2) is 12.3. The number of aromatic nitrogens is 3. The molecule has 0 radical (unpaired) electrons. The van der Waals surface area contributed by atoms with E-state index in [-0.39, 0.29) is 18.9 Å². The van der Waals surface area contributed by atoms with E-state index in [0.29, 0.717) is 33.6 Å². The van der Waals surface area contributed by atoms with E-state index in [9.17, 15) is 14.4 Å². The molecule has 5 aromatic rings. The van der Waals surface area contributed by atoms with Crippen molar-refractivity contribution in [1.82, 2.24) is 20.3 Å². The molecular weight excluding hydrogens is 518 g/mol. The van der Waals surface area contributed by atoms with Crippen molar-refractivity contribution >= 4 is 34.3 Å². The largest absolute Gasteiger partial charge is 0.497 e. The number of methoxy groups -OCH3 is 1. The van der Waals surface area contributed by atoms with Gasteiger partial charge in [-0.15, -0.1) is 5.10 Å². The number of carbonyl (C=O) groups excluding carboxylic acids is 3. The number of para-hydroxylation sites is 1. The van der Waals surface area contributed by atoms with Gasteiger partial charge in [0.15, 0.2) is 5.78 Å². The summed E-state index contributed by atoms with van der Waals surface area (Å²) in [5, 5.41) is 11.3. The zero-order chi connectivity index (χ0) is 28.8. The van der Waals surface area contributed by atoms with Crippen LogP contribution in [-0.4, -0.2) is 39.7 Å². The van der Waals surface area contributed by atoms with Gasteiger partial charge in [-0.25, -0.2) is 4.68 Å². The topological polar surface area (TPSA) is 106 Å². The Labute approximate surface area is 237 Å². The molecular formula is C32H29N5O4. The maximum atomic E-state index is 14.2. The van der Waals surface area contributed by atoms with Crippen molar-refractivity contribution in [3.05, 3.63) is 120 Å². The lowest BCUT2D eigenvalue weighted by molar-refractivity contribution is -0.127. The molecule has 9 nitrogen and oxygen atoms in total. The molecule has 9 heteroatoms. The summed E-state index contributed by atoms with van der Waals surface area (Å²) < 4.78 is 6.95. The molecule has 0 aliphatic carbocycles. The van der Waals surface area contributed by atoms with E-state index in [0.717, 1.165) is 5.56 Å². The second-order valence-corrected chi connectivity index (χ2v) is 9.49. The van der Waals surface area contributed by atoms with Gasteiger partial charge in [0.2, 0.25) is 11.8 Å². The molecule has 0 bridgehead atoms. The Kier molecular flexibility index (Phi) is 8.15. The molecule has 0 spiro atoms. The standard InChI is InChI=1S/C32H29N5O4/c1-22(38)24-12-8-14-26(18-24)37(30(39)21-36-29-17-7-6-16-28(29)34-35-36)31(25-13-9-15-27(19-25)41-2)32(40)33-20-23-10-4-3-5-11-23/h3-19,31H,20-21H2,1-2H3,(H,33,40)/t31-/m1/s1. The lowest BCUT2D eigenvalue weighted by atomic mass is 10.0. The van der Waals surface area contributed by atoms with Gasteiger partial charge in [0, 0.05) is 17.8 Å². The molecule has 0 fully saturated rings. The van der Waals surface area contributed by atoms with E-state index in [2.05, 4.69) is 15.6 Å². The highest BCUT2D eigenvalue weighted by molar-refractivity contribution is 6.03. The van der Waals surface area contributed by atoms with E-state index in [1.165, 1.54) is 16.5 Å². The van der Waals surface area contributed by atoms with Crippen molar-refractivity contribution in [2.45, 2.75) is 26.1 Å². The Morgan fingerprint density at radius 2 is 1.66 bits per heavy atom. The van der Waals surface area contributed by atoms with Crippen molar-refractivity contribution in [2.75, 3.05) is 12.0 Å². The Balaban J connectivity index is 1.60. The number of hydrogen-bond donors (Lipinski definition) is 1. The minimum Gasteiger partial charge on any atom is -0.497 e. The molecule has 1 N–H and O–H groups in total. The van der Waals surface area contributed by atoms with Crippen molar-refractivity contribution in [2.24, 2.45) is 0 Å². The molecule has 1 aromatic heterocycles. The first-order valence-electron chi connectivity index (χ1n) is 13.1. The minimum atomic E-state index is -1.08. The number of fused-ring (bicyclic) bond motifs is 1. The van der Waals surface area contributed by atoms with Crippen LogP contribution in [0.3, 0.4) is 0 Å². The third kappa shape index (κ3) is 6.14. The van der Waals surface area contributed by atoms with Crippen molar-refractivity contribution in [3.63, 3.8) is 0 Å². The van der Waals surface area contributed by atoms with Crippen LogP contribution in [0.4, 0.5) is 5.69 Å². The van der Waals surface area contributed by atoms with Crippen molar-refractivity contribution in [1.29, 1.82) is 0 Å². The first-order chi connectivity index (χ1) is 19.9. The minimum absolute atomic E-state index is 0.159. The highest BCUT2D eigenvalue weighted by Gasteiger charge is 2.34. The van der Waals surface area contributed by atoms with Crippen LogP contribution in [0.2, 0.25) is 0 Å². The van der Waals surface area contributed by atoms with Gasteiger partial charge in [-0.1, -0.05) is 71.9 Å². The number of ether oxygens (including phenoxy) is 1. The van der Waals surface area contributed by atoms with E-state index in [1.807, 2.05) is 54.6 Å². The Hall–Kier alpha value is -5.31. The fourth-order valence-corrected chi connectivity index (χ4v) is 4.66. The molecule has 206 valence electrons. The number of nitrogens with one attached hydrogen (secondary N) is 1. The van der Waals surface area contributed by atoms with Gasteiger partial charge in [-0.05, 0) is 54.4 Å². The molecule has 1 heterocycles. The Bertz CT molecular complexity index is 1700. The van der Waals surface area contributed by atoms with Gasteiger partial charge in [-0.3, -0.25) is 19.3 Å². The Morgan fingerprint density at radius 1 is 0.902 bits per heavy atom. The van der Waals surface area contributed by atoms with E-state index in [1.54, 1.807) is 55.6 Å². The van der Waals surface area contributed by atoms with E-state index >= 15 is 0 Å². The number of rotatable bonds is 10. The van der Waals surface area contributed by atoms with Crippen molar-refractivity contribution < 1.29 is 19.1 Å². The lowest BCUT2D eigenvalue weighted by Gasteiger charge is -2.32. The molecule has 0 saturated carbocycles. The van der Waals surface area contributed by atoms with E-state index in [4.69, 9.17) is 4.74 Å². The second-order valence-electron chi connectivity index (χ2n) is 9.49. The normalized spacial score (nSPS) is 11.6. The maximum Gasteiger partial charge on any atom is 0.249 e. The molecule has 2 amide bonds. The summed E-state index contributed by atoms with van der Waals surface area (Å²) >= 11 is 0. The third-order valence-corrected chi connectivity index (χ3v) is 6.73. The molecule has 41 heavy (non-hydrogen) atoms. The quantitative estimate of drug-likeness (QED) is 0.253. The summed E-state index contributed by atoms with van der Waals surface area (Å²) in [5.74, 6) is -0.431. The van der Waals surface area contributed by atoms with Crippen LogP contribution in [0, 0.1) is 0 Å². The average molecular weight is 548 g/mol.